The molecule has 0 aliphatic rings. The number of carbonyl (C=O) groups is 1. The van der Waals surface area contributed by atoms with Crippen LogP contribution >= 0.6 is 0 Å². The van der Waals surface area contributed by atoms with Crippen molar-refractivity contribution in [2.45, 2.75) is 6.54 Å². The third kappa shape index (κ3) is 4.13. The number of carbonyl (C=O) groups excluding carboxylic acids is 1. The van der Waals surface area contributed by atoms with E-state index in [4.69, 9.17) is 9.47 Å². The Morgan fingerprint density at radius 1 is 0.846 bits per heavy atom. The van der Waals surface area contributed by atoms with Crippen molar-refractivity contribution in [3.63, 3.8) is 0 Å². The first-order valence-corrected chi connectivity index (χ1v) is 7.96. The van der Waals surface area contributed by atoms with Gasteiger partial charge in [0.1, 0.15) is 0 Å². The highest BCUT2D eigenvalue weighted by molar-refractivity contribution is 5.94. The Morgan fingerprint density at radius 3 is 2.00 bits per heavy atom. The number of hydrogen-bond donors (Lipinski definition) is 1. The van der Waals surface area contributed by atoms with Gasteiger partial charge in [-0.3, -0.25) is 4.79 Å². The van der Waals surface area contributed by atoms with Crippen LogP contribution in [-0.4, -0.2) is 35.1 Å². The van der Waals surface area contributed by atoms with E-state index in [0.29, 0.717) is 11.4 Å². The van der Waals surface area contributed by atoms with E-state index in [0.717, 1.165) is 11.1 Å². The lowest BCUT2D eigenvalue weighted by atomic mass is 10.0. The summed E-state index contributed by atoms with van der Waals surface area (Å²) in [5.74, 6) is 0.130. The average molecular weight is 350 g/mol. The van der Waals surface area contributed by atoms with Gasteiger partial charge < -0.3 is 14.8 Å². The molecule has 3 aromatic rings. The summed E-state index contributed by atoms with van der Waals surface area (Å²) < 4.78 is 9.98. The van der Waals surface area contributed by atoms with Crippen LogP contribution in [0, 0.1) is 0 Å². The fourth-order valence-corrected chi connectivity index (χ4v) is 2.35. The average Bonchev–Trinajstić information content (AvgIpc) is 2.72. The quantitative estimate of drug-likeness (QED) is 0.735. The summed E-state index contributed by atoms with van der Waals surface area (Å²) in [6, 6.07) is 17.6. The molecule has 1 aromatic heterocycles. The maximum Gasteiger partial charge on any atom is 0.322 e. The van der Waals surface area contributed by atoms with E-state index in [9.17, 15) is 4.79 Å². The maximum atomic E-state index is 12.3. The molecule has 0 aliphatic heterocycles. The number of amides is 1. The Bertz CT molecular complexity index is 861. The zero-order chi connectivity index (χ0) is 18.4. The summed E-state index contributed by atoms with van der Waals surface area (Å²) in [6.07, 6.45) is 0. The lowest BCUT2D eigenvalue weighted by Gasteiger charge is -2.07. The van der Waals surface area contributed by atoms with Crippen LogP contribution in [0.5, 0.6) is 12.0 Å². The van der Waals surface area contributed by atoms with Gasteiger partial charge in [0, 0.05) is 5.56 Å². The minimum Gasteiger partial charge on any atom is -0.467 e. The first-order chi connectivity index (χ1) is 12.7. The zero-order valence-corrected chi connectivity index (χ0v) is 14.5. The van der Waals surface area contributed by atoms with Gasteiger partial charge in [0.15, 0.2) is 5.82 Å². The van der Waals surface area contributed by atoms with Gasteiger partial charge in [-0.15, -0.1) is 4.98 Å². The van der Waals surface area contributed by atoms with Gasteiger partial charge >= 0.3 is 12.0 Å². The van der Waals surface area contributed by atoms with Crippen LogP contribution in [0.25, 0.3) is 11.1 Å². The summed E-state index contributed by atoms with van der Waals surface area (Å²) in [4.78, 5) is 24.4. The van der Waals surface area contributed by atoms with E-state index in [2.05, 4.69) is 20.3 Å². The fourth-order valence-electron chi connectivity index (χ4n) is 2.35. The van der Waals surface area contributed by atoms with Crippen molar-refractivity contribution in [2.24, 2.45) is 0 Å². The minimum atomic E-state index is -0.219. The molecule has 0 unspecified atom stereocenters. The van der Waals surface area contributed by atoms with E-state index >= 15 is 0 Å². The van der Waals surface area contributed by atoms with Crippen molar-refractivity contribution < 1.29 is 14.3 Å². The number of ether oxygens (including phenoxy) is 2. The molecule has 0 aliphatic carbocycles. The molecule has 0 fully saturated rings. The second-order valence-electron chi connectivity index (χ2n) is 5.35. The van der Waals surface area contributed by atoms with Crippen molar-refractivity contribution in [3.05, 3.63) is 66.0 Å². The van der Waals surface area contributed by atoms with Crippen molar-refractivity contribution in [1.82, 2.24) is 20.3 Å². The third-order valence-electron chi connectivity index (χ3n) is 3.67. The molecule has 0 radical (unpaired) electrons. The number of methoxy groups -OCH3 is 2. The van der Waals surface area contributed by atoms with E-state index in [1.807, 2.05) is 42.5 Å². The van der Waals surface area contributed by atoms with E-state index in [1.54, 1.807) is 12.1 Å². The van der Waals surface area contributed by atoms with Gasteiger partial charge in [-0.2, -0.15) is 9.97 Å². The van der Waals surface area contributed by atoms with Gasteiger partial charge in [0.25, 0.3) is 5.91 Å². The van der Waals surface area contributed by atoms with Gasteiger partial charge in [-0.1, -0.05) is 42.5 Å². The summed E-state index contributed by atoms with van der Waals surface area (Å²) in [5, 5.41) is 2.77. The molecule has 0 saturated carbocycles. The molecular formula is C19H18N4O3. The molecule has 2 aromatic carbocycles. The van der Waals surface area contributed by atoms with E-state index in [-0.39, 0.29) is 24.5 Å². The number of nitrogens with zero attached hydrogens (tertiary/aromatic N) is 3. The highest BCUT2D eigenvalue weighted by Gasteiger charge is 2.10. The Morgan fingerprint density at radius 2 is 1.42 bits per heavy atom. The molecule has 26 heavy (non-hydrogen) atoms. The van der Waals surface area contributed by atoms with Crippen molar-refractivity contribution in [1.29, 1.82) is 0 Å². The molecule has 0 spiro atoms. The molecule has 0 bridgehead atoms. The molecule has 1 amide bonds. The normalized spacial score (nSPS) is 10.2. The monoisotopic (exact) mass is 350 g/mol. The highest BCUT2D eigenvalue weighted by atomic mass is 16.5. The molecular weight excluding hydrogens is 332 g/mol. The Kier molecular flexibility index (Phi) is 5.38. The molecule has 132 valence electrons. The Labute approximate surface area is 151 Å². The third-order valence-corrected chi connectivity index (χ3v) is 3.67. The van der Waals surface area contributed by atoms with Crippen LogP contribution in [0.15, 0.2) is 54.6 Å². The van der Waals surface area contributed by atoms with Crippen molar-refractivity contribution >= 4 is 5.91 Å². The second-order valence-corrected chi connectivity index (χ2v) is 5.35. The Balaban J connectivity index is 1.67. The van der Waals surface area contributed by atoms with Crippen LogP contribution < -0.4 is 14.8 Å². The van der Waals surface area contributed by atoms with Crippen LogP contribution in [0.2, 0.25) is 0 Å². The largest absolute Gasteiger partial charge is 0.467 e. The van der Waals surface area contributed by atoms with Crippen LogP contribution in [0.4, 0.5) is 0 Å². The number of aromatic nitrogens is 3. The smallest absolute Gasteiger partial charge is 0.322 e. The predicted molar refractivity (Wildman–Crippen MR) is 96.0 cm³/mol. The van der Waals surface area contributed by atoms with Gasteiger partial charge in [-0.05, 0) is 23.3 Å². The van der Waals surface area contributed by atoms with E-state index < -0.39 is 0 Å². The number of benzene rings is 2. The first-order valence-electron chi connectivity index (χ1n) is 7.96. The maximum absolute atomic E-state index is 12.3. The summed E-state index contributed by atoms with van der Waals surface area (Å²) in [7, 11) is 2.90. The van der Waals surface area contributed by atoms with Crippen molar-refractivity contribution in [3.8, 4) is 23.1 Å². The topological polar surface area (TPSA) is 86.2 Å². The minimum absolute atomic E-state index is 0.133. The van der Waals surface area contributed by atoms with Crippen LogP contribution in [-0.2, 0) is 6.54 Å². The highest BCUT2D eigenvalue weighted by Crippen LogP contribution is 2.19. The Hall–Kier alpha value is -3.48. The van der Waals surface area contributed by atoms with Gasteiger partial charge in [0.2, 0.25) is 0 Å². The summed E-state index contributed by atoms with van der Waals surface area (Å²) in [5.41, 5.74) is 2.70. The molecule has 3 rings (SSSR count). The lowest BCUT2D eigenvalue weighted by Crippen LogP contribution is -2.24. The predicted octanol–water partition coefficient (Wildman–Crippen LogP) is 2.49. The van der Waals surface area contributed by atoms with E-state index in [1.165, 1.54) is 14.2 Å². The molecule has 0 saturated heterocycles. The SMILES string of the molecule is COc1nc(CNC(=O)c2ccc(-c3ccccc3)cc2)nc(OC)n1. The lowest BCUT2D eigenvalue weighted by molar-refractivity contribution is 0.0949. The van der Waals surface area contributed by atoms with Crippen LogP contribution in [0.3, 0.4) is 0 Å². The fraction of sp³-hybridized carbons (Fsp3) is 0.158. The molecule has 1 N–H and O–H groups in total. The zero-order valence-electron chi connectivity index (χ0n) is 14.5. The number of rotatable bonds is 6. The summed E-state index contributed by atoms with van der Waals surface area (Å²) in [6.45, 7) is 0.133. The standard InChI is InChI=1S/C19H18N4O3/c1-25-18-21-16(22-19(23-18)26-2)12-20-17(24)15-10-8-14(9-11-15)13-6-4-3-5-7-13/h3-11H,12H2,1-2H3,(H,20,24). The number of nitrogens with one attached hydrogen (secondary N) is 1. The van der Waals surface area contributed by atoms with Crippen LogP contribution in [0.1, 0.15) is 16.2 Å². The summed E-state index contributed by atoms with van der Waals surface area (Å²) >= 11 is 0. The first kappa shape index (κ1) is 17.3. The number of hydrogen-bond acceptors (Lipinski definition) is 6. The second kappa shape index (κ2) is 8.06. The molecule has 7 heteroatoms. The molecule has 0 atom stereocenters. The van der Waals surface area contributed by atoms with Gasteiger partial charge in [0.05, 0.1) is 20.8 Å². The van der Waals surface area contributed by atoms with Crippen molar-refractivity contribution in [2.75, 3.05) is 14.2 Å². The van der Waals surface area contributed by atoms with Gasteiger partial charge in [-0.25, -0.2) is 0 Å². The molecule has 1 heterocycles. The molecule has 7 nitrogen and oxygen atoms in total.